The molecular weight excluding hydrogens is 310 g/mol. The second kappa shape index (κ2) is 7.01. The number of benzene rings is 2. The fourth-order valence-corrected chi connectivity index (χ4v) is 3.41. The highest BCUT2D eigenvalue weighted by molar-refractivity contribution is 5.94. The van der Waals surface area contributed by atoms with Crippen molar-refractivity contribution in [1.82, 2.24) is 4.90 Å². The van der Waals surface area contributed by atoms with E-state index in [9.17, 15) is 4.79 Å². The molecule has 0 unspecified atom stereocenters. The molecule has 1 aliphatic heterocycles. The van der Waals surface area contributed by atoms with E-state index >= 15 is 0 Å². The number of carbonyl (C=O) groups is 1. The zero-order chi connectivity index (χ0) is 17.2. The summed E-state index contributed by atoms with van der Waals surface area (Å²) in [7, 11) is 0. The van der Waals surface area contributed by atoms with Crippen LogP contribution in [0.3, 0.4) is 0 Å². The van der Waals surface area contributed by atoms with Crippen molar-refractivity contribution < 1.29 is 9.53 Å². The van der Waals surface area contributed by atoms with Crippen molar-refractivity contribution in [2.45, 2.75) is 39.3 Å². The molecule has 0 radical (unpaired) electrons. The van der Waals surface area contributed by atoms with Crippen molar-refractivity contribution in [2.24, 2.45) is 5.92 Å². The minimum atomic E-state index is 0.147. The van der Waals surface area contributed by atoms with Gasteiger partial charge in [0, 0.05) is 25.2 Å². The van der Waals surface area contributed by atoms with E-state index in [-0.39, 0.29) is 5.78 Å². The number of rotatable bonds is 6. The van der Waals surface area contributed by atoms with Crippen LogP contribution in [0.15, 0.2) is 42.5 Å². The monoisotopic (exact) mass is 335 g/mol. The number of Topliss-reactive ketones (excluding diaryl/α,β-unsaturated/α-hetero) is 1. The third kappa shape index (κ3) is 4.10. The molecule has 25 heavy (non-hydrogen) atoms. The van der Waals surface area contributed by atoms with Crippen LogP contribution >= 0.6 is 0 Å². The molecule has 2 aliphatic rings. The maximum Gasteiger partial charge on any atom is 0.159 e. The van der Waals surface area contributed by atoms with Gasteiger partial charge in [-0.15, -0.1) is 0 Å². The Labute approximate surface area is 149 Å². The third-order valence-electron chi connectivity index (χ3n) is 5.22. The largest absolute Gasteiger partial charge is 0.493 e. The summed E-state index contributed by atoms with van der Waals surface area (Å²) < 4.78 is 5.81. The minimum Gasteiger partial charge on any atom is -0.493 e. The van der Waals surface area contributed by atoms with E-state index in [1.54, 1.807) is 6.92 Å². The third-order valence-corrected chi connectivity index (χ3v) is 5.22. The maximum atomic E-state index is 11.5. The lowest BCUT2D eigenvalue weighted by Gasteiger charge is -2.29. The highest BCUT2D eigenvalue weighted by Gasteiger charge is 2.22. The molecule has 2 aromatic carbocycles. The van der Waals surface area contributed by atoms with Gasteiger partial charge in [-0.3, -0.25) is 9.69 Å². The first kappa shape index (κ1) is 16.3. The Balaban J connectivity index is 1.36. The molecule has 3 heteroatoms. The van der Waals surface area contributed by atoms with Gasteiger partial charge in [0.25, 0.3) is 0 Å². The number of hydrogen-bond acceptors (Lipinski definition) is 3. The maximum absolute atomic E-state index is 11.5. The smallest absolute Gasteiger partial charge is 0.159 e. The average molecular weight is 335 g/mol. The Morgan fingerprint density at radius 1 is 1.12 bits per heavy atom. The van der Waals surface area contributed by atoms with Crippen molar-refractivity contribution in [2.75, 3.05) is 13.2 Å². The lowest BCUT2D eigenvalue weighted by Crippen LogP contribution is -2.30. The molecule has 0 bridgehead atoms. The second-order valence-electron chi connectivity index (χ2n) is 7.40. The van der Waals surface area contributed by atoms with Crippen molar-refractivity contribution in [3.05, 3.63) is 64.7 Å². The topological polar surface area (TPSA) is 29.5 Å². The fourth-order valence-electron chi connectivity index (χ4n) is 3.41. The Morgan fingerprint density at radius 3 is 2.64 bits per heavy atom. The van der Waals surface area contributed by atoms with Crippen LogP contribution in [0.2, 0.25) is 0 Å². The van der Waals surface area contributed by atoms with Crippen molar-refractivity contribution in [3.63, 3.8) is 0 Å². The molecule has 1 fully saturated rings. The molecule has 0 atom stereocenters. The molecule has 0 saturated heterocycles. The first-order valence-electron chi connectivity index (χ1n) is 9.24. The number of ketones is 1. The van der Waals surface area contributed by atoms with E-state index in [4.69, 9.17) is 4.74 Å². The summed E-state index contributed by atoms with van der Waals surface area (Å²) in [6.07, 6.45) is 3.66. The summed E-state index contributed by atoms with van der Waals surface area (Å²) in [5.74, 6) is 1.92. The van der Waals surface area contributed by atoms with E-state index in [0.717, 1.165) is 49.9 Å². The Hall–Kier alpha value is -2.13. The highest BCUT2D eigenvalue weighted by Crippen LogP contribution is 2.29. The summed E-state index contributed by atoms with van der Waals surface area (Å²) in [5, 5.41) is 0. The molecule has 0 N–H and O–H groups in total. The van der Waals surface area contributed by atoms with Crippen LogP contribution in [0.1, 0.15) is 46.8 Å². The van der Waals surface area contributed by atoms with Crippen LogP contribution in [0.5, 0.6) is 5.75 Å². The van der Waals surface area contributed by atoms with Gasteiger partial charge >= 0.3 is 0 Å². The van der Waals surface area contributed by atoms with E-state index in [1.165, 1.54) is 29.5 Å². The molecule has 1 heterocycles. The van der Waals surface area contributed by atoms with Gasteiger partial charge < -0.3 is 4.74 Å². The minimum absolute atomic E-state index is 0.147. The SMILES string of the molecule is CC(=O)c1ccc2c(c1)CCN(Cc1ccc(OCC3CC3)cc1)C2. The summed E-state index contributed by atoms with van der Waals surface area (Å²) in [4.78, 5) is 14.0. The number of hydrogen-bond donors (Lipinski definition) is 0. The number of fused-ring (bicyclic) bond motifs is 1. The van der Waals surface area contributed by atoms with Gasteiger partial charge in [0.2, 0.25) is 0 Å². The molecule has 1 saturated carbocycles. The Bertz CT molecular complexity index is 762. The van der Waals surface area contributed by atoms with Crippen molar-refractivity contribution >= 4 is 5.78 Å². The standard InChI is InChI=1S/C22H25NO2/c1-16(24)19-6-7-21-14-23(11-10-20(21)12-19)13-17-4-8-22(9-5-17)25-15-18-2-3-18/h4-9,12,18H,2-3,10-11,13-15H2,1H3. The Morgan fingerprint density at radius 2 is 1.92 bits per heavy atom. The summed E-state index contributed by atoms with van der Waals surface area (Å²) in [6.45, 7) is 5.44. The zero-order valence-corrected chi connectivity index (χ0v) is 14.8. The molecule has 4 rings (SSSR count). The summed E-state index contributed by atoms with van der Waals surface area (Å²) >= 11 is 0. The lowest BCUT2D eigenvalue weighted by atomic mass is 9.96. The lowest BCUT2D eigenvalue weighted by molar-refractivity contribution is 0.101. The van der Waals surface area contributed by atoms with Gasteiger partial charge in [0.15, 0.2) is 5.78 Å². The van der Waals surface area contributed by atoms with Gasteiger partial charge in [-0.2, -0.15) is 0 Å². The van der Waals surface area contributed by atoms with Gasteiger partial charge in [0.1, 0.15) is 5.75 Å². The molecule has 1 aliphatic carbocycles. The van der Waals surface area contributed by atoms with Gasteiger partial charge in [-0.25, -0.2) is 0 Å². The molecule has 0 spiro atoms. The van der Waals surface area contributed by atoms with E-state index in [0.29, 0.717) is 0 Å². The first-order valence-corrected chi connectivity index (χ1v) is 9.24. The van der Waals surface area contributed by atoms with Crippen molar-refractivity contribution in [3.8, 4) is 5.75 Å². The zero-order valence-electron chi connectivity index (χ0n) is 14.8. The van der Waals surface area contributed by atoms with Crippen LogP contribution in [-0.4, -0.2) is 23.8 Å². The average Bonchev–Trinajstić information content (AvgIpc) is 3.45. The predicted molar refractivity (Wildman–Crippen MR) is 98.9 cm³/mol. The molecule has 0 aromatic heterocycles. The fraction of sp³-hybridized carbons (Fsp3) is 0.409. The van der Waals surface area contributed by atoms with Gasteiger partial charge in [-0.05, 0) is 67.0 Å². The molecule has 0 amide bonds. The first-order chi connectivity index (χ1) is 12.2. The van der Waals surface area contributed by atoms with Gasteiger partial charge in [-0.1, -0.05) is 24.3 Å². The molecule has 3 nitrogen and oxygen atoms in total. The highest BCUT2D eigenvalue weighted by atomic mass is 16.5. The number of nitrogens with zero attached hydrogens (tertiary/aromatic N) is 1. The predicted octanol–water partition coefficient (Wildman–Crippen LogP) is 4.24. The van der Waals surface area contributed by atoms with Crippen LogP contribution in [-0.2, 0) is 19.5 Å². The summed E-state index contributed by atoms with van der Waals surface area (Å²) in [5.41, 5.74) is 4.82. The van der Waals surface area contributed by atoms with Crippen LogP contribution in [0.4, 0.5) is 0 Å². The van der Waals surface area contributed by atoms with E-state index in [1.807, 2.05) is 6.07 Å². The van der Waals surface area contributed by atoms with Crippen LogP contribution in [0, 0.1) is 5.92 Å². The normalized spacial score (nSPS) is 17.2. The van der Waals surface area contributed by atoms with Crippen LogP contribution in [0.25, 0.3) is 0 Å². The van der Waals surface area contributed by atoms with Crippen molar-refractivity contribution in [1.29, 1.82) is 0 Å². The van der Waals surface area contributed by atoms with E-state index in [2.05, 4.69) is 41.3 Å². The molecule has 2 aromatic rings. The second-order valence-corrected chi connectivity index (χ2v) is 7.40. The van der Waals surface area contributed by atoms with Crippen LogP contribution < -0.4 is 4.74 Å². The quantitative estimate of drug-likeness (QED) is 0.740. The number of ether oxygens (including phenoxy) is 1. The summed E-state index contributed by atoms with van der Waals surface area (Å²) in [6, 6.07) is 14.7. The van der Waals surface area contributed by atoms with Gasteiger partial charge in [0.05, 0.1) is 6.61 Å². The molecular formula is C22H25NO2. The number of carbonyl (C=O) groups excluding carboxylic acids is 1. The molecule has 130 valence electrons. The van der Waals surface area contributed by atoms with E-state index < -0.39 is 0 Å². The Kier molecular flexibility index (Phi) is 4.58.